The molecule has 0 spiro atoms. The summed E-state index contributed by atoms with van der Waals surface area (Å²) in [6.45, 7) is 5.74. The van der Waals surface area contributed by atoms with Crippen molar-refractivity contribution in [2.45, 2.75) is 26.9 Å². The van der Waals surface area contributed by atoms with Crippen LogP contribution in [-0.4, -0.2) is 10.2 Å². The zero-order valence-electron chi connectivity index (χ0n) is 9.53. The van der Waals surface area contributed by atoms with Gasteiger partial charge in [-0.05, 0) is 19.4 Å². The topological polar surface area (TPSA) is 37.8 Å². The molecular formula is C12H15N3S. The Labute approximate surface area is 99.5 Å². The number of aromatic nitrogens is 2. The second-order valence-electron chi connectivity index (χ2n) is 3.80. The van der Waals surface area contributed by atoms with Crippen LogP contribution in [0.3, 0.4) is 0 Å². The van der Waals surface area contributed by atoms with Crippen molar-refractivity contribution in [3.05, 3.63) is 45.4 Å². The van der Waals surface area contributed by atoms with E-state index in [2.05, 4.69) is 46.7 Å². The average Bonchev–Trinajstić information content (AvgIpc) is 2.67. The number of nitrogens with one attached hydrogen (secondary N) is 1. The minimum absolute atomic E-state index is 0.791. The van der Waals surface area contributed by atoms with Crippen LogP contribution in [0.25, 0.3) is 0 Å². The largest absolute Gasteiger partial charge is 0.306 e. The summed E-state index contributed by atoms with van der Waals surface area (Å²) in [6, 6.07) is 8.56. The maximum atomic E-state index is 4.07. The molecule has 0 aliphatic rings. The monoisotopic (exact) mass is 233 g/mol. The number of rotatable bonds is 4. The molecule has 4 heteroatoms. The van der Waals surface area contributed by atoms with Crippen LogP contribution in [0.1, 0.15) is 21.1 Å². The van der Waals surface area contributed by atoms with Gasteiger partial charge in [-0.25, -0.2) is 0 Å². The van der Waals surface area contributed by atoms with Crippen molar-refractivity contribution in [1.82, 2.24) is 15.5 Å². The first-order valence-corrected chi connectivity index (χ1v) is 6.11. The lowest BCUT2D eigenvalue weighted by atomic mass is 10.1. The number of hydrogen-bond donors (Lipinski definition) is 1. The van der Waals surface area contributed by atoms with Crippen molar-refractivity contribution in [3.8, 4) is 0 Å². The minimum atomic E-state index is 0.791. The molecule has 0 bridgehead atoms. The zero-order chi connectivity index (χ0) is 11.4. The summed E-state index contributed by atoms with van der Waals surface area (Å²) in [5, 5.41) is 13.5. The molecule has 2 aromatic rings. The van der Waals surface area contributed by atoms with Gasteiger partial charge in [0.1, 0.15) is 10.0 Å². The van der Waals surface area contributed by atoms with Crippen molar-refractivity contribution < 1.29 is 0 Å². The van der Waals surface area contributed by atoms with Gasteiger partial charge < -0.3 is 5.32 Å². The number of hydrogen-bond acceptors (Lipinski definition) is 4. The molecular weight excluding hydrogens is 218 g/mol. The van der Waals surface area contributed by atoms with Crippen molar-refractivity contribution >= 4 is 11.3 Å². The van der Waals surface area contributed by atoms with Crippen molar-refractivity contribution in [3.63, 3.8) is 0 Å². The van der Waals surface area contributed by atoms with Gasteiger partial charge in [-0.3, -0.25) is 0 Å². The van der Waals surface area contributed by atoms with Crippen LogP contribution in [0.5, 0.6) is 0 Å². The van der Waals surface area contributed by atoms with Crippen molar-refractivity contribution in [1.29, 1.82) is 0 Å². The third-order valence-electron chi connectivity index (χ3n) is 2.29. The van der Waals surface area contributed by atoms with Crippen LogP contribution in [0, 0.1) is 13.8 Å². The maximum Gasteiger partial charge on any atom is 0.131 e. The van der Waals surface area contributed by atoms with E-state index in [0.717, 1.165) is 23.1 Å². The quantitative estimate of drug-likeness (QED) is 0.881. The van der Waals surface area contributed by atoms with E-state index in [0.29, 0.717) is 0 Å². The summed E-state index contributed by atoms with van der Waals surface area (Å²) in [5.41, 5.74) is 2.59. The smallest absolute Gasteiger partial charge is 0.131 e. The second-order valence-corrected chi connectivity index (χ2v) is 5.07. The van der Waals surface area contributed by atoms with Crippen LogP contribution in [0.15, 0.2) is 24.3 Å². The van der Waals surface area contributed by atoms with Crippen LogP contribution in [-0.2, 0) is 13.1 Å². The van der Waals surface area contributed by atoms with Gasteiger partial charge >= 0.3 is 0 Å². The van der Waals surface area contributed by atoms with Crippen molar-refractivity contribution in [2.75, 3.05) is 0 Å². The Morgan fingerprint density at radius 1 is 1.06 bits per heavy atom. The molecule has 0 radical (unpaired) electrons. The fraction of sp³-hybridized carbons (Fsp3) is 0.333. The Morgan fingerprint density at radius 2 is 1.81 bits per heavy atom. The van der Waals surface area contributed by atoms with Crippen LogP contribution >= 0.6 is 11.3 Å². The maximum absolute atomic E-state index is 4.07. The third kappa shape index (κ3) is 3.12. The minimum Gasteiger partial charge on any atom is -0.306 e. The lowest BCUT2D eigenvalue weighted by molar-refractivity contribution is 0.683. The van der Waals surface area contributed by atoms with Crippen LogP contribution in [0.4, 0.5) is 0 Å². The summed E-state index contributed by atoms with van der Waals surface area (Å²) in [7, 11) is 0. The second kappa shape index (κ2) is 5.18. The molecule has 0 amide bonds. The molecule has 0 aliphatic carbocycles. The Balaban J connectivity index is 1.82. The highest BCUT2D eigenvalue weighted by molar-refractivity contribution is 7.11. The van der Waals surface area contributed by atoms with Crippen LogP contribution < -0.4 is 5.32 Å². The van der Waals surface area contributed by atoms with E-state index in [-0.39, 0.29) is 0 Å². The SMILES string of the molecule is Cc1ccc(CNCc2nnc(C)s2)cc1. The van der Waals surface area contributed by atoms with Gasteiger partial charge in [-0.2, -0.15) is 0 Å². The molecule has 0 aliphatic heterocycles. The Hall–Kier alpha value is -1.26. The molecule has 0 saturated carbocycles. The molecule has 1 aromatic heterocycles. The average molecular weight is 233 g/mol. The van der Waals surface area contributed by atoms with Gasteiger partial charge in [-0.1, -0.05) is 29.8 Å². The number of nitrogens with zero attached hydrogens (tertiary/aromatic N) is 2. The summed E-state index contributed by atoms with van der Waals surface area (Å²) in [6.07, 6.45) is 0. The molecule has 1 aromatic carbocycles. The lowest BCUT2D eigenvalue weighted by Crippen LogP contribution is -2.12. The molecule has 1 heterocycles. The van der Waals surface area contributed by atoms with E-state index in [1.54, 1.807) is 11.3 Å². The standard InChI is InChI=1S/C12H15N3S/c1-9-3-5-11(6-4-9)7-13-8-12-15-14-10(2)16-12/h3-6,13H,7-8H2,1-2H3. The predicted molar refractivity (Wildman–Crippen MR) is 66.4 cm³/mol. The third-order valence-corrected chi connectivity index (χ3v) is 3.13. The lowest BCUT2D eigenvalue weighted by Gasteiger charge is -2.02. The highest BCUT2D eigenvalue weighted by atomic mass is 32.1. The van der Waals surface area contributed by atoms with Gasteiger partial charge in [0.05, 0.1) is 0 Å². The van der Waals surface area contributed by atoms with E-state index >= 15 is 0 Å². The first-order valence-electron chi connectivity index (χ1n) is 5.29. The van der Waals surface area contributed by atoms with Gasteiger partial charge in [0, 0.05) is 13.1 Å². The van der Waals surface area contributed by atoms with Gasteiger partial charge in [0.2, 0.25) is 0 Å². The Morgan fingerprint density at radius 3 is 2.44 bits per heavy atom. The van der Waals surface area contributed by atoms with Crippen molar-refractivity contribution in [2.24, 2.45) is 0 Å². The molecule has 0 atom stereocenters. The summed E-state index contributed by atoms with van der Waals surface area (Å²) < 4.78 is 0. The zero-order valence-corrected chi connectivity index (χ0v) is 10.3. The molecule has 0 unspecified atom stereocenters. The summed E-state index contributed by atoms with van der Waals surface area (Å²) in [5.74, 6) is 0. The normalized spacial score (nSPS) is 10.6. The summed E-state index contributed by atoms with van der Waals surface area (Å²) >= 11 is 1.64. The van der Waals surface area contributed by atoms with E-state index < -0.39 is 0 Å². The molecule has 0 fully saturated rings. The van der Waals surface area contributed by atoms with E-state index in [4.69, 9.17) is 0 Å². The number of benzene rings is 1. The molecule has 3 nitrogen and oxygen atoms in total. The molecule has 0 saturated heterocycles. The molecule has 16 heavy (non-hydrogen) atoms. The fourth-order valence-corrected chi connectivity index (χ4v) is 2.11. The van der Waals surface area contributed by atoms with Gasteiger partial charge in [-0.15, -0.1) is 21.5 Å². The van der Waals surface area contributed by atoms with E-state index in [9.17, 15) is 0 Å². The number of aryl methyl sites for hydroxylation is 2. The highest BCUT2D eigenvalue weighted by Gasteiger charge is 1.99. The Kier molecular flexibility index (Phi) is 3.64. The molecule has 1 N–H and O–H groups in total. The first-order chi connectivity index (χ1) is 7.74. The fourth-order valence-electron chi connectivity index (χ4n) is 1.43. The molecule has 2 rings (SSSR count). The van der Waals surface area contributed by atoms with Crippen LogP contribution in [0.2, 0.25) is 0 Å². The Bertz CT molecular complexity index is 448. The van der Waals surface area contributed by atoms with E-state index in [1.807, 2.05) is 6.92 Å². The first kappa shape index (κ1) is 11.2. The molecule has 84 valence electrons. The summed E-state index contributed by atoms with van der Waals surface area (Å²) in [4.78, 5) is 0. The highest BCUT2D eigenvalue weighted by Crippen LogP contribution is 2.08. The predicted octanol–water partition coefficient (Wildman–Crippen LogP) is 2.44. The van der Waals surface area contributed by atoms with E-state index in [1.165, 1.54) is 11.1 Å². The van der Waals surface area contributed by atoms with Gasteiger partial charge in [0.15, 0.2) is 0 Å². The van der Waals surface area contributed by atoms with Gasteiger partial charge in [0.25, 0.3) is 0 Å².